The maximum atomic E-state index is 5.21. The molecule has 2 aromatic rings. The third-order valence-electron chi connectivity index (χ3n) is 3.70. The highest BCUT2D eigenvalue weighted by Gasteiger charge is 2.16. The predicted octanol–water partition coefficient (Wildman–Crippen LogP) is 3.09. The van der Waals surface area contributed by atoms with E-state index in [1.165, 1.54) is 11.1 Å². The Hall–Kier alpha value is -1.84. The Morgan fingerprint density at radius 3 is 2.29 bits per heavy atom. The number of methoxy groups -OCH3 is 1. The molecular weight excluding hydrogens is 260 g/mol. The summed E-state index contributed by atoms with van der Waals surface area (Å²) < 4.78 is 5.21. The summed E-state index contributed by atoms with van der Waals surface area (Å²) in [5, 5.41) is 3.29. The molecule has 1 N–H and O–H groups in total. The molecule has 0 bridgehead atoms. The molecular formula is C18H24N2O. The molecule has 0 radical (unpaired) electrons. The van der Waals surface area contributed by atoms with E-state index in [0.717, 1.165) is 18.8 Å². The third-order valence-corrected chi connectivity index (χ3v) is 3.70. The third kappa shape index (κ3) is 4.31. The van der Waals surface area contributed by atoms with Crippen LogP contribution in [-0.2, 0) is 6.54 Å². The first kappa shape index (κ1) is 15.5. The van der Waals surface area contributed by atoms with Crippen molar-refractivity contribution in [3.63, 3.8) is 0 Å². The van der Waals surface area contributed by atoms with E-state index >= 15 is 0 Å². The number of hydrogen-bond acceptors (Lipinski definition) is 3. The Labute approximate surface area is 127 Å². The fourth-order valence-electron chi connectivity index (χ4n) is 2.53. The molecule has 3 nitrogen and oxygen atoms in total. The lowest BCUT2D eigenvalue weighted by Gasteiger charge is -2.28. The summed E-state index contributed by atoms with van der Waals surface area (Å²) >= 11 is 0. The van der Waals surface area contributed by atoms with Crippen molar-refractivity contribution in [3.8, 4) is 5.75 Å². The molecule has 2 aromatic carbocycles. The lowest BCUT2D eigenvalue weighted by atomic mass is 10.0. The Morgan fingerprint density at radius 2 is 1.71 bits per heavy atom. The molecule has 0 amide bonds. The van der Waals surface area contributed by atoms with Crippen LogP contribution in [0.4, 0.5) is 0 Å². The van der Waals surface area contributed by atoms with Gasteiger partial charge in [0.25, 0.3) is 0 Å². The maximum Gasteiger partial charge on any atom is 0.118 e. The molecule has 0 aliphatic rings. The highest BCUT2D eigenvalue weighted by Crippen LogP contribution is 2.21. The molecule has 3 heteroatoms. The molecule has 0 saturated heterocycles. The van der Waals surface area contributed by atoms with Crippen LogP contribution in [0.15, 0.2) is 54.6 Å². The van der Waals surface area contributed by atoms with Crippen LogP contribution in [0.1, 0.15) is 17.2 Å². The minimum atomic E-state index is 0.360. The monoisotopic (exact) mass is 284 g/mol. The van der Waals surface area contributed by atoms with Crippen molar-refractivity contribution < 1.29 is 4.74 Å². The molecule has 0 spiro atoms. The zero-order valence-electron chi connectivity index (χ0n) is 13.0. The Kier molecular flexibility index (Phi) is 5.78. The van der Waals surface area contributed by atoms with E-state index in [2.05, 4.69) is 59.7 Å². The first-order valence-electron chi connectivity index (χ1n) is 7.27. The molecule has 1 unspecified atom stereocenters. The van der Waals surface area contributed by atoms with Crippen LogP contribution in [0, 0.1) is 0 Å². The van der Waals surface area contributed by atoms with Crippen LogP contribution in [-0.4, -0.2) is 32.6 Å². The zero-order chi connectivity index (χ0) is 15.1. The van der Waals surface area contributed by atoms with Gasteiger partial charge in [-0.1, -0.05) is 42.5 Å². The minimum absolute atomic E-state index is 0.360. The Balaban J connectivity index is 2.09. The van der Waals surface area contributed by atoms with Gasteiger partial charge in [-0.3, -0.25) is 4.90 Å². The second-order valence-corrected chi connectivity index (χ2v) is 5.25. The summed E-state index contributed by atoms with van der Waals surface area (Å²) in [6.07, 6.45) is 0. The van der Waals surface area contributed by atoms with E-state index < -0.39 is 0 Å². The lowest BCUT2D eigenvalue weighted by Crippen LogP contribution is -2.31. The molecule has 1 atom stereocenters. The van der Waals surface area contributed by atoms with E-state index in [0.29, 0.717) is 6.04 Å². The van der Waals surface area contributed by atoms with Crippen LogP contribution in [0.2, 0.25) is 0 Å². The van der Waals surface area contributed by atoms with Gasteiger partial charge >= 0.3 is 0 Å². The normalized spacial score (nSPS) is 12.4. The summed E-state index contributed by atoms with van der Waals surface area (Å²) in [5.41, 5.74) is 2.62. The second-order valence-electron chi connectivity index (χ2n) is 5.25. The number of nitrogens with one attached hydrogen (secondary N) is 1. The smallest absolute Gasteiger partial charge is 0.118 e. The van der Waals surface area contributed by atoms with Crippen molar-refractivity contribution in [2.75, 3.05) is 27.7 Å². The summed E-state index contributed by atoms with van der Waals surface area (Å²) in [4.78, 5) is 2.37. The fourth-order valence-corrected chi connectivity index (χ4v) is 2.53. The van der Waals surface area contributed by atoms with Gasteiger partial charge in [-0.25, -0.2) is 0 Å². The molecule has 0 aliphatic carbocycles. The van der Waals surface area contributed by atoms with Crippen molar-refractivity contribution >= 4 is 0 Å². The van der Waals surface area contributed by atoms with Crippen LogP contribution < -0.4 is 10.1 Å². The summed E-state index contributed by atoms with van der Waals surface area (Å²) in [5.74, 6) is 0.899. The number of nitrogens with zero attached hydrogens (tertiary/aromatic N) is 1. The summed E-state index contributed by atoms with van der Waals surface area (Å²) in [6, 6.07) is 19.3. The number of likely N-dealkylation sites (N-methyl/N-ethyl adjacent to an activating group) is 2. The van der Waals surface area contributed by atoms with Crippen LogP contribution in [0.5, 0.6) is 5.75 Å². The molecule has 0 aromatic heterocycles. The molecule has 21 heavy (non-hydrogen) atoms. The number of hydrogen-bond donors (Lipinski definition) is 1. The minimum Gasteiger partial charge on any atom is -0.497 e. The molecule has 2 rings (SSSR count). The van der Waals surface area contributed by atoms with E-state index in [1.807, 2.05) is 19.2 Å². The van der Waals surface area contributed by atoms with Crippen LogP contribution in [0.3, 0.4) is 0 Å². The van der Waals surface area contributed by atoms with Gasteiger partial charge in [-0.15, -0.1) is 0 Å². The largest absolute Gasteiger partial charge is 0.497 e. The van der Waals surface area contributed by atoms with Gasteiger partial charge in [0.15, 0.2) is 0 Å². The average molecular weight is 284 g/mol. The van der Waals surface area contributed by atoms with Gasteiger partial charge in [-0.2, -0.15) is 0 Å². The average Bonchev–Trinajstić information content (AvgIpc) is 2.54. The zero-order valence-corrected chi connectivity index (χ0v) is 13.0. The standard InChI is InChI=1S/C18H24N2O/c1-19-13-18(16-7-5-4-6-8-16)20(2)14-15-9-11-17(21-3)12-10-15/h4-12,18-19H,13-14H2,1-3H3. The SMILES string of the molecule is CNCC(c1ccccc1)N(C)Cc1ccc(OC)cc1. The fraction of sp³-hybridized carbons (Fsp3) is 0.333. The molecule has 0 heterocycles. The van der Waals surface area contributed by atoms with Crippen molar-refractivity contribution in [1.82, 2.24) is 10.2 Å². The Bertz CT molecular complexity index is 525. The van der Waals surface area contributed by atoms with E-state index in [-0.39, 0.29) is 0 Å². The van der Waals surface area contributed by atoms with Crippen molar-refractivity contribution in [1.29, 1.82) is 0 Å². The lowest BCUT2D eigenvalue weighted by molar-refractivity contribution is 0.233. The second kappa shape index (κ2) is 7.81. The van der Waals surface area contributed by atoms with Gasteiger partial charge in [0.05, 0.1) is 7.11 Å². The van der Waals surface area contributed by atoms with Gasteiger partial charge in [-0.05, 0) is 37.4 Å². The van der Waals surface area contributed by atoms with Crippen LogP contribution >= 0.6 is 0 Å². The van der Waals surface area contributed by atoms with Crippen molar-refractivity contribution in [2.45, 2.75) is 12.6 Å². The van der Waals surface area contributed by atoms with Crippen molar-refractivity contribution in [2.24, 2.45) is 0 Å². The van der Waals surface area contributed by atoms with Gasteiger partial charge in [0, 0.05) is 19.1 Å². The number of ether oxygens (including phenoxy) is 1. The summed E-state index contributed by atoms with van der Waals surface area (Å²) in [6.45, 7) is 1.84. The first-order chi connectivity index (χ1) is 10.2. The topological polar surface area (TPSA) is 24.5 Å². The quantitative estimate of drug-likeness (QED) is 0.845. The molecule has 0 fully saturated rings. The van der Waals surface area contributed by atoms with E-state index in [4.69, 9.17) is 4.74 Å². The van der Waals surface area contributed by atoms with E-state index in [9.17, 15) is 0 Å². The highest BCUT2D eigenvalue weighted by atomic mass is 16.5. The molecule has 0 saturated carbocycles. The Morgan fingerprint density at radius 1 is 1.05 bits per heavy atom. The van der Waals surface area contributed by atoms with Gasteiger partial charge in [0.1, 0.15) is 5.75 Å². The van der Waals surface area contributed by atoms with Gasteiger partial charge < -0.3 is 10.1 Å². The maximum absolute atomic E-state index is 5.21. The first-order valence-corrected chi connectivity index (χ1v) is 7.27. The van der Waals surface area contributed by atoms with E-state index in [1.54, 1.807) is 7.11 Å². The van der Waals surface area contributed by atoms with Gasteiger partial charge in [0.2, 0.25) is 0 Å². The molecule has 0 aliphatic heterocycles. The molecule has 112 valence electrons. The number of rotatable bonds is 7. The van der Waals surface area contributed by atoms with Crippen molar-refractivity contribution in [3.05, 3.63) is 65.7 Å². The predicted molar refractivity (Wildman–Crippen MR) is 87.6 cm³/mol. The van der Waals surface area contributed by atoms with Crippen LogP contribution in [0.25, 0.3) is 0 Å². The highest BCUT2D eigenvalue weighted by molar-refractivity contribution is 5.27. The number of benzene rings is 2. The summed E-state index contributed by atoms with van der Waals surface area (Å²) in [7, 11) is 5.86.